The quantitative estimate of drug-likeness (QED) is 0.547. The number of allylic oxidation sites excluding steroid dienone is 4. The van der Waals surface area contributed by atoms with Gasteiger partial charge in [0, 0.05) is 26.4 Å². The van der Waals surface area contributed by atoms with Crippen molar-refractivity contribution in [2.24, 2.45) is 5.41 Å². The van der Waals surface area contributed by atoms with Crippen LogP contribution in [-0.4, -0.2) is 11.2 Å². The van der Waals surface area contributed by atoms with Crippen molar-refractivity contribution in [3.05, 3.63) is 77.6 Å². The second-order valence-corrected chi connectivity index (χ2v) is 6.63. The molecule has 0 radical (unpaired) electrons. The molecule has 124 valence electrons. The van der Waals surface area contributed by atoms with Gasteiger partial charge in [0.05, 0.1) is 2.74 Å². The lowest BCUT2D eigenvalue weighted by molar-refractivity contribution is 0.406. The lowest BCUT2D eigenvalue weighted by Crippen LogP contribution is -2.10. The summed E-state index contributed by atoms with van der Waals surface area (Å²) in [5.74, 6) is 0. The molecule has 0 saturated heterocycles. The van der Waals surface area contributed by atoms with Gasteiger partial charge in [-0.25, -0.2) is 0 Å². The molecule has 1 N–H and O–H groups in total. The van der Waals surface area contributed by atoms with E-state index in [2.05, 4.69) is 4.98 Å². The van der Waals surface area contributed by atoms with Crippen LogP contribution in [0.1, 0.15) is 50.0 Å². The molecule has 2 heteroatoms. The van der Waals surface area contributed by atoms with Gasteiger partial charge in [-0.15, -0.1) is 0 Å². The third kappa shape index (κ3) is 5.31. The molecule has 0 fully saturated rings. The molecule has 1 aromatic carbocycles. The minimum atomic E-state index is -1.78. The number of aromatic nitrogens is 1. The molecular weight excluding hydrogens is 292 g/mol. The summed E-state index contributed by atoms with van der Waals surface area (Å²) >= 11 is 0. The number of nitrogens with zero attached hydrogens (tertiary/aromatic N) is 1. The van der Waals surface area contributed by atoms with Crippen molar-refractivity contribution in [1.82, 2.24) is 4.98 Å². The van der Waals surface area contributed by atoms with Crippen LogP contribution in [0.25, 0.3) is 11.1 Å². The van der Waals surface area contributed by atoms with Gasteiger partial charge in [0.25, 0.3) is 0 Å². The predicted molar refractivity (Wildman–Crippen MR) is 104 cm³/mol. The van der Waals surface area contributed by atoms with Crippen LogP contribution < -0.4 is 0 Å². The highest BCUT2D eigenvalue weighted by atomic mass is 14.7. The summed E-state index contributed by atoms with van der Waals surface area (Å²) in [6.45, 7) is 7.23. The van der Waals surface area contributed by atoms with E-state index < -0.39 is 11.8 Å². The molecule has 0 aliphatic heterocycles. The van der Waals surface area contributed by atoms with Gasteiger partial charge in [-0.1, -0.05) is 63.2 Å². The molecule has 2 nitrogen and oxygen atoms in total. The van der Waals surface area contributed by atoms with E-state index in [1.165, 1.54) is 12.1 Å². The average molecular weight is 322 g/mol. The van der Waals surface area contributed by atoms with Crippen molar-refractivity contribution < 1.29 is 5.48 Å². The maximum absolute atomic E-state index is 8.42. The molecule has 0 aliphatic carbocycles. The van der Waals surface area contributed by atoms with E-state index in [0.29, 0.717) is 5.57 Å². The maximum atomic E-state index is 8.42. The first-order valence-corrected chi connectivity index (χ1v) is 7.92. The number of benzene rings is 1. The Morgan fingerprint density at radius 2 is 1.92 bits per heavy atom. The molecular formula is C22H26N2. The summed E-state index contributed by atoms with van der Waals surface area (Å²) in [5, 5.41) is 7.46. The normalized spacial score (nSPS) is 16.0. The van der Waals surface area contributed by atoms with Crippen LogP contribution in [0, 0.1) is 10.8 Å². The molecule has 0 bridgehead atoms. The SMILES string of the molecule is [2H]c1cc(C([2H])([2H])C(C)(C)C)nc([2H])c1C(/C=C(\C)c1ccccc1)=C/C=N. The van der Waals surface area contributed by atoms with Gasteiger partial charge in [-0.05, 0) is 47.6 Å². The van der Waals surface area contributed by atoms with E-state index in [9.17, 15) is 0 Å². The van der Waals surface area contributed by atoms with Crippen LogP contribution in [0.5, 0.6) is 0 Å². The first kappa shape index (κ1) is 12.9. The molecule has 0 spiro atoms. The second kappa shape index (κ2) is 7.87. The van der Waals surface area contributed by atoms with Crippen molar-refractivity contribution in [2.75, 3.05) is 0 Å². The highest BCUT2D eigenvalue weighted by molar-refractivity contribution is 5.91. The predicted octanol–water partition coefficient (Wildman–Crippen LogP) is 5.81. The second-order valence-electron chi connectivity index (χ2n) is 6.63. The number of nitrogens with one attached hydrogen (secondary N) is 1. The summed E-state index contributed by atoms with van der Waals surface area (Å²) in [4.78, 5) is 4.18. The zero-order valence-corrected chi connectivity index (χ0v) is 14.6. The molecule has 0 unspecified atom stereocenters. The Kier molecular flexibility index (Phi) is 4.22. The minimum Gasteiger partial charge on any atom is -0.309 e. The van der Waals surface area contributed by atoms with Crippen LogP contribution in [0.4, 0.5) is 0 Å². The van der Waals surface area contributed by atoms with Gasteiger partial charge < -0.3 is 5.41 Å². The summed E-state index contributed by atoms with van der Waals surface area (Å²) in [5.41, 5.74) is 2.11. The number of hydrogen-bond acceptors (Lipinski definition) is 2. The first-order chi connectivity index (χ1) is 13.0. The van der Waals surface area contributed by atoms with Gasteiger partial charge in [-0.2, -0.15) is 0 Å². The van der Waals surface area contributed by atoms with Crippen molar-refractivity contribution in [1.29, 1.82) is 5.41 Å². The zero-order valence-electron chi connectivity index (χ0n) is 18.6. The number of rotatable bonds is 5. The Bertz CT molecular complexity index is 900. The lowest BCUT2D eigenvalue weighted by Gasteiger charge is -2.17. The summed E-state index contributed by atoms with van der Waals surface area (Å²) in [6.07, 6.45) is 2.52. The Morgan fingerprint density at radius 3 is 2.50 bits per heavy atom. The van der Waals surface area contributed by atoms with Crippen LogP contribution in [0.2, 0.25) is 0 Å². The van der Waals surface area contributed by atoms with E-state index in [4.69, 9.17) is 10.9 Å². The van der Waals surface area contributed by atoms with E-state index in [1.54, 1.807) is 20.8 Å². The molecule has 0 amide bonds. The zero-order chi connectivity index (χ0) is 21.1. The maximum Gasteiger partial charge on any atom is 0.0847 e. The summed E-state index contributed by atoms with van der Waals surface area (Å²) < 4.78 is 33.5. The van der Waals surface area contributed by atoms with Crippen LogP contribution in [0.15, 0.2) is 60.8 Å². The van der Waals surface area contributed by atoms with Gasteiger partial charge in [0.2, 0.25) is 0 Å². The van der Waals surface area contributed by atoms with Gasteiger partial charge in [0.1, 0.15) is 0 Å². The van der Waals surface area contributed by atoms with Gasteiger partial charge in [-0.3, -0.25) is 4.98 Å². The molecule has 2 aromatic rings. The fraction of sp³-hybridized carbons (Fsp3) is 0.273. The minimum absolute atomic E-state index is 0.0216. The molecule has 0 atom stereocenters. The van der Waals surface area contributed by atoms with E-state index >= 15 is 0 Å². The largest absolute Gasteiger partial charge is 0.309 e. The van der Waals surface area contributed by atoms with Gasteiger partial charge >= 0.3 is 0 Å². The van der Waals surface area contributed by atoms with Crippen molar-refractivity contribution in [3.8, 4) is 0 Å². The molecule has 0 aliphatic rings. The number of pyridine rings is 1. The first-order valence-electron chi connectivity index (χ1n) is 9.92. The Morgan fingerprint density at radius 1 is 1.21 bits per heavy atom. The van der Waals surface area contributed by atoms with Crippen LogP contribution in [0.3, 0.4) is 0 Å². The average Bonchev–Trinajstić information content (AvgIpc) is 2.61. The molecule has 1 aromatic heterocycles. The molecule has 24 heavy (non-hydrogen) atoms. The third-order valence-corrected chi connectivity index (χ3v) is 3.30. The smallest absolute Gasteiger partial charge is 0.0847 e. The lowest BCUT2D eigenvalue weighted by atomic mass is 9.90. The van der Waals surface area contributed by atoms with Gasteiger partial charge in [0.15, 0.2) is 0 Å². The van der Waals surface area contributed by atoms with Crippen LogP contribution in [-0.2, 0) is 6.37 Å². The molecule has 2 rings (SSSR count). The fourth-order valence-electron chi connectivity index (χ4n) is 2.23. The van der Waals surface area contributed by atoms with Crippen molar-refractivity contribution in [3.63, 3.8) is 0 Å². The Hall–Kier alpha value is -2.48. The summed E-state index contributed by atoms with van der Waals surface area (Å²) in [6, 6.07) is 11.1. The molecule has 1 heterocycles. The highest BCUT2D eigenvalue weighted by Gasteiger charge is 2.12. The number of hydrogen-bond donors (Lipinski definition) is 1. The standard InChI is InChI=1S/C22H26N2/c1-17(18-8-6-5-7-9-18)14-19(12-13-23)20-10-11-21(24-16-20)15-22(2,3)4/h5-14,16,23H,15H2,1-4H3/b17-14+,19-12+,23-13?/i10D,15D2,16D. The summed E-state index contributed by atoms with van der Waals surface area (Å²) in [7, 11) is 0. The van der Waals surface area contributed by atoms with E-state index in [1.807, 2.05) is 43.3 Å². The monoisotopic (exact) mass is 322 g/mol. The Balaban J connectivity index is 2.58. The fourth-order valence-corrected chi connectivity index (χ4v) is 2.23. The third-order valence-electron chi connectivity index (χ3n) is 3.30. The van der Waals surface area contributed by atoms with Crippen LogP contribution >= 0.6 is 0 Å². The molecule has 0 saturated carbocycles. The van der Waals surface area contributed by atoms with E-state index in [-0.39, 0.29) is 23.5 Å². The van der Waals surface area contributed by atoms with E-state index in [0.717, 1.165) is 17.4 Å². The van der Waals surface area contributed by atoms with Crippen molar-refractivity contribution >= 4 is 17.4 Å². The van der Waals surface area contributed by atoms with Crippen molar-refractivity contribution in [2.45, 2.75) is 34.1 Å². The topological polar surface area (TPSA) is 36.7 Å². The Labute approximate surface area is 151 Å². The highest BCUT2D eigenvalue weighted by Crippen LogP contribution is 2.23.